The van der Waals surface area contributed by atoms with Gasteiger partial charge in [0.25, 0.3) is 5.91 Å². The minimum absolute atomic E-state index is 0.117. The van der Waals surface area contributed by atoms with Gasteiger partial charge in [-0.1, -0.05) is 18.2 Å². The molecule has 104 valence electrons. The largest absolute Gasteiger partial charge is 0.508 e. The van der Waals surface area contributed by atoms with Gasteiger partial charge in [-0.05, 0) is 29.8 Å². The molecule has 0 fully saturated rings. The summed E-state index contributed by atoms with van der Waals surface area (Å²) in [6.45, 7) is 0.233. The van der Waals surface area contributed by atoms with Gasteiger partial charge < -0.3 is 15.2 Å². The molecule has 0 radical (unpaired) electrons. The van der Waals surface area contributed by atoms with E-state index in [9.17, 15) is 9.18 Å². The van der Waals surface area contributed by atoms with Crippen LogP contribution in [-0.2, 0) is 6.54 Å². The Morgan fingerprint density at radius 1 is 1.25 bits per heavy atom. The van der Waals surface area contributed by atoms with Crippen molar-refractivity contribution in [3.8, 4) is 11.5 Å². The molecule has 4 nitrogen and oxygen atoms in total. The normalized spacial score (nSPS) is 10.1. The van der Waals surface area contributed by atoms with Gasteiger partial charge in [-0.25, -0.2) is 4.39 Å². The first-order valence-electron chi connectivity index (χ1n) is 6.00. The smallest absolute Gasteiger partial charge is 0.258 e. The first-order valence-corrected chi connectivity index (χ1v) is 6.00. The lowest BCUT2D eigenvalue weighted by Crippen LogP contribution is -2.24. The molecule has 0 saturated carbocycles. The summed E-state index contributed by atoms with van der Waals surface area (Å²) in [4.78, 5) is 12.0. The molecule has 0 atom stereocenters. The number of nitrogens with one attached hydrogen (secondary N) is 1. The first-order chi connectivity index (χ1) is 9.61. The minimum atomic E-state index is -0.632. The Bertz CT molecular complexity index is 611. The van der Waals surface area contributed by atoms with E-state index >= 15 is 0 Å². The second-order valence-corrected chi connectivity index (χ2v) is 4.17. The third kappa shape index (κ3) is 3.06. The maximum atomic E-state index is 13.7. The molecule has 2 N–H and O–H groups in total. The lowest BCUT2D eigenvalue weighted by Gasteiger charge is -2.10. The number of halogens is 1. The molecule has 2 aromatic rings. The molecule has 20 heavy (non-hydrogen) atoms. The Balaban J connectivity index is 2.11. The van der Waals surface area contributed by atoms with E-state index in [4.69, 9.17) is 9.84 Å². The van der Waals surface area contributed by atoms with E-state index in [1.807, 2.05) is 0 Å². The molecule has 0 aliphatic carbocycles. The van der Waals surface area contributed by atoms with Crippen molar-refractivity contribution in [3.63, 3.8) is 0 Å². The van der Waals surface area contributed by atoms with Crippen LogP contribution in [0.1, 0.15) is 15.9 Å². The second-order valence-electron chi connectivity index (χ2n) is 4.17. The molecule has 2 aromatic carbocycles. The maximum absolute atomic E-state index is 13.7. The van der Waals surface area contributed by atoms with Crippen LogP contribution in [-0.4, -0.2) is 18.1 Å². The number of carbonyl (C=O) groups is 1. The number of methoxy groups -OCH3 is 1. The average Bonchev–Trinajstić information content (AvgIpc) is 2.46. The van der Waals surface area contributed by atoms with E-state index in [1.54, 1.807) is 12.1 Å². The number of phenolic OH excluding ortho intramolecular Hbond substituents is 1. The summed E-state index contributed by atoms with van der Waals surface area (Å²) in [6, 6.07) is 10.6. The molecule has 2 rings (SSSR count). The van der Waals surface area contributed by atoms with E-state index in [-0.39, 0.29) is 23.6 Å². The van der Waals surface area contributed by atoms with Gasteiger partial charge in [-0.2, -0.15) is 0 Å². The number of rotatable bonds is 4. The fourth-order valence-corrected chi connectivity index (χ4v) is 1.78. The summed E-state index contributed by atoms with van der Waals surface area (Å²) in [5.74, 6) is -0.843. The molecule has 0 aliphatic rings. The summed E-state index contributed by atoms with van der Waals surface area (Å²) in [7, 11) is 1.38. The van der Waals surface area contributed by atoms with Crippen molar-refractivity contribution in [2.45, 2.75) is 6.54 Å². The van der Waals surface area contributed by atoms with Crippen LogP contribution in [0.2, 0.25) is 0 Å². The number of amides is 1. The number of ether oxygens (including phenoxy) is 1. The number of hydrogen-bond donors (Lipinski definition) is 2. The lowest BCUT2D eigenvalue weighted by atomic mass is 10.1. The number of carbonyl (C=O) groups excluding carboxylic acids is 1. The molecular formula is C15H14FNO3. The van der Waals surface area contributed by atoms with Crippen LogP contribution >= 0.6 is 0 Å². The van der Waals surface area contributed by atoms with Crippen molar-refractivity contribution < 1.29 is 19.0 Å². The summed E-state index contributed by atoms with van der Waals surface area (Å²) < 4.78 is 18.7. The molecule has 0 heterocycles. The van der Waals surface area contributed by atoms with Crippen LogP contribution in [0.25, 0.3) is 0 Å². The Hall–Kier alpha value is -2.56. The van der Waals surface area contributed by atoms with Gasteiger partial charge in [-0.3, -0.25) is 4.79 Å². The topological polar surface area (TPSA) is 58.6 Å². The second kappa shape index (κ2) is 6.06. The molecule has 5 heteroatoms. The number of aromatic hydroxyl groups is 1. The standard InChI is InChI=1S/C15H14FNO3/c1-20-13-4-2-3-12(16)14(13)15(19)17-9-10-5-7-11(18)8-6-10/h2-8,18H,9H2,1H3,(H,17,19). The third-order valence-corrected chi connectivity index (χ3v) is 2.81. The van der Waals surface area contributed by atoms with Crippen LogP contribution in [0.15, 0.2) is 42.5 Å². The molecule has 1 amide bonds. The highest BCUT2D eigenvalue weighted by Crippen LogP contribution is 2.21. The quantitative estimate of drug-likeness (QED) is 0.901. The first kappa shape index (κ1) is 13.9. The molecule has 0 aliphatic heterocycles. The van der Waals surface area contributed by atoms with Crippen molar-refractivity contribution >= 4 is 5.91 Å². The van der Waals surface area contributed by atoms with Gasteiger partial charge in [0.2, 0.25) is 0 Å². The zero-order valence-corrected chi connectivity index (χ0v) is 10.9. The van der Waals surface area contributed by atoms with E-state index in [0.29, 0.717) is 0 Å². The van der Waals surface area contributed by atoms with E-state index in [0.717, 1.165) is 5.56 Å². The number of hydrogen-bond acceptors (Lipinski definition) is 3. The third-order valence-electron chi connectivity index (χ3n) is 2.81. The molecular weight excluding hydrogens is 261 g/mol. The fourth-order valence-electron chi connectivity index (χ4n) is 1.78. The van der Waals surface area contributed by atoms with Gasteiger partial charge >= 0.3 is 0 Å². The monoisotopic (exact) mass is 275 g/mol. The van der Waals surface area contributed by atoms with Gasteiger partial charge in [0.15, 0.2) is 0 Å². The Labute approximate surface area is 115 Å². The van der Waals surface area contributed by atoms with E-state index < -0.39 is 11.7 Å². The van der Waals surface area contributed by atoms with Gasteiger partial charge in [0, 0.05) is 6.54 Å². The summed E-state index contributed by atoms with van der Waals surface area (Å²) in [5, 5.41) is 11.8. The summed E-state index contributed by atoms with van der Waals surface area (Å²) >= 11 is 0. The van der Waals surface area contributed by atoms with Gasteiger partial charge in [0.05, 0.1) is 7.11 Å². The van der Waals surface area contributed by atoms with Crippen LogP contribution in [0.5, 0.6) is 11.5 Å². The lowest BCUT2D eigenvalue weighted by molar-refractivity contribution is 0.0943. The fraction of sp³-hybridized carbons (Fsp3) is 0.133. The Morgan fingerprint density at radius 3 is 2.60 bits per heavy atom. The van der Waals surface area contributed by atoms with Gasteiger partial charge in [0.1, 0.15) is 22.9 Å². The van der Waals surface area contributed by atoms with Crippen LogP contribution < -0.4 is 10.1 Å². The Morgan fingerprint density at radius 2 is 1.95 bits per heavy atom. The zero-order valence-electron chi connectivity index (χ0n) is 10.9. The van der Waals surface area contributed by atoms with Crippen LogP contribution in [0, 0.1) is 5.82 Å². The molecule has 0 aromatic heterocycles. The van der Waals surface area contributed by atoms with Crippen molar-refractivity contribution in [1.29, 1.82) is 0 Å². The minimum Gasteiger partial charge on any atom is -0.508 e. The van der Waals surface area contributed by atoms with Crippen molar-refractivity contribution in [2.75, 3.05) is 7.11 Å². The predicted octanol–water partition coefficient (Wildman–Crippen LogP) is 2.47. The summed E-state index contributed by atoms with van der Waals surface area (Å²) in [5.41, 5.74) is 0.681. The molecule has 0 unspecified atom stereocenters. The van der Waals surface area contributed by atoms with E-state index in [2.05, 4.69) is 5.32 Å². The van der Waals surface area contributed by atoms with Crippen molar-refractivity contribution in [3.05, 3.63) is 59.4 Å². The van der Waals surface area contributed by atoms with Crippen LogP contribution in [0.4, 0.5) is 4.39 Å². The zero-order chi connectivity index (χ0) is 14.5. The Kier molecular flexibility index (Phi) is 4.20. The maximum Gasteiger partial charge on any atom is 0.258 e. The SMILES string of the molecule is COc1cccc(F)c1C(=O)NCc1ccc(O)cc1. The van der Waals surface area contributed by atoms with E-state index in [1.165, 1.54) is 37.4 Å². The number of benzene rings is 2. The van der Waals surface area contributed by atoms with Crippen LogP contribution in [0.3, 0.4) is 0 Å². The number of phenols is 1. The predicted molar refractivity (Wildman–Crippen MR) is 72.2 cm³/mol. The van der Waals surface area contributed by atoms with Crippen molar-refractivity contribution in [2.24, 2.45) is 0 Å². The highest BCUT2D eigenvalue weighted by molar-refractivity contribution is 5.97. The molecule has 0 spiro atoms. The molecule has 0 bridgehead atoms. The molecule has 0 saturated heterocycles. The van der Waals surface area contributed by atoms with Gasteiger partial charge in [-0.15, -0.1) is 0 Å². The highest BCUT2D eigenvalue weighted by atomic mass is 19.1. The highest BCUT2D eigenvalue weighted by Gasteiger charge is 2.16. The summed E-state index contributed by atoms with van der Waals surface area (Å²) in [6.07, 6.45) is 0. The average molecular weight is 275 g/mol. The van der Waals surface area contributed by atoms with Crippen molar-refractivity contribution in [1.82, 2.24) is 5.32 Å².